The zero-order chi connectivity index (χ0) is 10.7. The van der Waals surface area contributed by atoms with Gasteiger partial charge < -0.3 is 5.32 Å². The number of aromatic nitrogens is 3. The molecule has 0 aliphatic rings. The van der Waals surface area contributed by atoms with E-state index in [2.05, 4.69) is 20.3 Å². The lowest BCUT2D eigenvalue weighted by molar-refractivity contribution is 1.06. The molecule has 0 radical (unpaired) electrons. The average Bonchev–Trinajstić information content (AvgIpc) is 2.63. The van der Waals surface area contributed by atoms with E-state index in [9.17, 15) is 0 Å². The van der Waals surface area contributed by atoms with Crippen molar-refractivity contribution in [3.05, 3.63) is 34.2 Å². The second-order valence-electron chi connectivity index (χ2n) is 3.19. The molecule has 2 rings (SSSR count). The van der Waals surface area contributed by atoms with Gasteiger partial charge in [0.05, 0.1) is 17.2 Å². The molecule has 0 spiro atoms. The minimum absolute atomic E-state index is 0.755. The second-order valence-corrected chi connectivity index (χ2v) is 4.51. The van der Waals surface area contributed by atoms with E-state index in [4.69, 9.17) is 0 Å². The first-order valence-electron chi connectivity index (χ1n) is 4.68. The SMILES string of the molecule is Cc1ncc(CNc2nccnc2C)s1. The second kappa shape index (κ2) is 4.35. The molecule has 0 fully saturated rings. The number of rotatable bonds is 3. The predicted molar refractivity (Wildman–Crippen MR) is 60.9 cm³/mol. The minimum Gasteiger partial charge on any atom is -0.364 e. The van der Waals surface area contributed by atoms with Gasteiger partial charge in [0.25, 0.3) is 0 Å². The summed E-state index contributed by atoms with van der Waals surface area (Å²) in [5, 5.41) is 4.33. The summed E-state index contributed by atoms with van der Waals surface area (Å²) >= 11 is 1.69. The summed E-state index contributed by atoms with van der Waals surface area (Å²) in [6, 6.07) is 0. The van der Waals surface area contributed by atoms with Gasteiger partial charge in [-0.3, -0.25) is 4.98 Å². The van der Waals surface area contributed by atoms with Gasteiger partial charge in [0.15, 0.2) is 0 Å². The average molecular weight is 220 g/mol. The van der Waals surface area contributed by atoms with Crippen LogP contribution in [0.4, 0.5) is 5.82 Å². The Morgan fingerprint density at radius 3 is 2.67 bits per heavy atom. The molecule has 0 bridgehead atoms. The number of hydrogen-bond acceptors (Lipinski definition) is 5. The largest absolute Gasteiger partial charge is 0.364 e. The van der Waals surface area contributed by atoms with Gasteiger partial charge in [0.2, 0.25) is 0 Å². The molecule has 0 saturated heterocycles. The van der Waals surface area contributed by atoms with Gasteiger partial charge in [-0.1, -0.05) is 0 Å². The molecule has 5 heteroatoms. The van der Waals surface area contributed by atoms with Crippen molar-refractivity contribution >= 4 is 17.2 Å². The van der Waals surface area contributed by atoms with Crippen molar-refractivity contribution in [1.29, 1.82) is 0 Å². The summed E-state index contributed by atoms with van der Waals surface area (Å²) in [6.45, 7) is 4.69. The van der Waals surface area contributed by atoms with Gasteiger partial charge in [0.1, 0.15) is 5.82 Å². The van der Waals surface area contributed by atoms with Gasteiger partial charge in [-0.05, 0) is 13.8 Å². The van der Waals surface area contributed by atoms with Crippen molar-refractivity contribution < 1.29 is 0 Å². The standard InChI is InChI=1S/C10H12N4S/c1-7-10(12-4-3-11-7)14-6-9-5-13-8(2)15-9/h3-5H,6H2,1-2H3,(H,12,14). The zero-order valence-electron chi connectivity index (χ0n) is 8.69. The van der Waals surface area contributed by atoms with E-state index in [1.807, 2.05) is 20.0 Å². The van der Waals surface area contributed by atoms with E-state index >= 15 is 0 Å². The van der Waals surface area contributed by atoms with Crippen LogP contribution in [0.15, 0.2) is 18.6 Å². The highest BCUT2D eigenvalue weighted by Gasteiger charge is 2.01. The molecular formula is C10H12N4S. The summed E-state index contributed by atoms with van der Waals surface area (Å²) < 4.78 is 0. The molecule has 0 aliphatic carbocycles. The van der Waals surface area contributed by atoms with Crippen molar-refractivity contribution in [3.8, 4) is 0 Å². The lowest BCUT2D eigenvalue weighted by Crippen LogP contribution is -2.02. The molecule has 15 heavy (non-hydrogen) atoms. The van der Waals surface area contributed by atoms with Crippen LogP contribution in [0.5, 0.6) is 0 Å². The Bertz CT molecular complexity index is 452. The van der Waals surface area contributed by atoms with E-state index in [1.54, 1.807) is 23.7 Å². The molecule has 2 aromatic rings. The molecule has 0 aliphatic heterocycles. The number of aryl methyl sites for hydroxylation is 2. The first-order valence-corrected chi connectivity index (χ1v) is 5.50. The summed E-state index contributed by atoms with van der Waals surface area (Å²) in [6.07, 6.45) is 5.27. The van der Waals surface area contributed by atoms with E-state index < -0.39 is 0 Å². The van der Waals surface area contributed by atoms with Crippen LogP contribution >= 0.6 is 11.3 Å². The van der Waals surface area contributed by atoms with Crippen LogP contribution in [0.3, 0.4) is 0 Å². The maximum atomic E-state index is 4.21. The number of nitrogens with one attached hydrogen (secondary N) is 1. The molecule has 0 unspecified atom stereocenters. The van der Waals surface area contributed by atoms with Gasteiger partial charge in [0, 0.05) is 23.5 Å². The topological polar surface area (TPSA) is 50.7 Å². The van der Waals surface area contributed by atoms with Crippen LogP contribution in [0.1, 0.15) is 15.6 Å². The Morgan fingerprint density at radius 1 is 1.20 bits per heavy atom. The number of anilines is 1. The number of thiazole rings is 1. The third-order valence-electron chi connectivity index (χ3n) is 1.98. The van der Waals surface area contributed by atoms with Crippen molar-refractivity contribution in [3.63, 3.8) is 0 Å². The van der Waals surface area contributed by atoms with Gasteiger partial charge in [-0.2, -0.15) is 0 Å². The molecule has 0 aromatic carbocycles. The lowest BCUT2D eigenvalue weighted by atomic mass is 10.4. The first kappa shape index (κ1) is 10.0. The lowest BCUT2D eigenvalue weighted by Gasteiger charge is -2.04. The van der Waals surface area contributed by atoms with Crippen molar-refractivity contribution in [1.82, 2.24) is 15.0 Å². The van der Waals surface area contributed by atoms with Gasteiger partial charge in [-0.25, -0.2) is 9.97 Å². The summed E-state index contributed by atoms with van der Waals surface area (Å²) in [7, 11) is 0. The van der Waals surface area contributed by atoms with Crippen LogP contribution in [0, 0.1) is 13.8 Å². The maximum Gasteiger partial charge on any atom is 0.147 e. The summed E-state index contributed by atoms with van der Waals surface area (Å²) in [5.74, 6) is 0.837. The summed E-state index contributed by atoms with van der Waals surface area (Å²) in [4.78, 5) is 13.8. The molecule has 0 atom stereocenters. The quantitative estimate of drug-likeness (QED) is 0.861. The highest BCUT2D eigenvalue weighted by atomic mass is 32.1. The number of hydrogen-bond donors (Lipinski definition) is 1. The Kier molecular flexibility index (Phi) is 2.91. The van der Waals surface area contributed by atoms with Crippen LogP contribution in [-0.2, 0) is 6.54 Å². The third-order valence-corrected chi connectivity index (χ3v) is 2.89. The normalized spacial score (nSPS) is 10.3. The smallest absolute Gasteiger partial charge is 0.147 e. The monoisotopic (exact) mass is 220 g/mol. The molecule has 1 N–H and O–H groups in total. The van der Waals surface area contributed by atoms with Gasteiger partial charge >= 0.3 is 0 Å². The van der Waals surface area contributed by atoms with E-state index in [0.717, 1.165) is 23.1 Å². The van der Waals surface area contributed by atoms with Crippen LogP contribution in [0.2, 0.25) is 0 Å². The van der Waals surface area contributed by atoms with Crippen LogP contribution in [0.25, 0.3) is 0 Å². The highest BCUT2D eigenvalue weighted by Crippen LogP contribution is 2.14. The predicted octanol–water partition coefficient (Wildman–Crippen LogP) is 2.16. The van der Waals surface area contributed by atoms with E-state index in [-0.39, 0.29) is 0 Å². The molecule has 2 heterocycles. The first-order chi connectivity index (χ1) is 7.25. The molecule has 0 saturated carbocycles. The fourth-order valence-corrected chi connectivity index (χ4v) is 1.97. The fourth-order valence-electron chi connectivity index (χ4n) is 1.24. The Balaban J connectivity index is 2.02. The summed E-state index contributed by atoms with van der Waals surface area (Å²) in [5.41, 5.74) is 0.915. The Labute approximate surface area is 92.4 Å². The Morgan fingerprint density at radius 2 is 2.00 bits per heavy atom. The van der Waals surface area contributed by atoms with Gasteiger partial charge in [-0.15, -0.1) is 11.3 Å². The highest BCUT2D eigenvalue weighted by molar-refractivity contribution is 7.11. The fraction of sp³-hybridized carbons (Fsp3) is 0.300. The van der Waals surface area contributed by atoms with E-state index in [0.29, 0.717) is 0 Å². The third kappa shape index (κ3) is 2.50. The molecular weight excluding hydrogens is 208 g/mol. The van der Waals surface area contributed by atoms with E-state index in [1.165, 1.54) is 4.88 Å². The van der Waals surface area contributed by atoms with Crippen LogP contribution < -0.4 is 5.32 Å². The van der Waals surface area contributed by atoms with Crippen molar-refractivity contribution in [2.24, 2.45) is 0 Å². The van der Waals surface area contributed by atoms with Crippen molar-refractivity contribution in [2.75, 3.05) is 5.32 Å². The molecule has 2 aromatic heterocycles. The minimum atomic E-state index is 0.755. The molecule has 4 nitrogen and oxygen atoms in total. The molecule has 0 amide bonds. The maximum absolute atomic E-state index is 4.21. The number of nitrogens with zero attached hydrogens (tertiary/aromatic N) is 3. The molecule has 78 valence electrons. The Hall–Kier alpha value is -1.49. The van der Waals surface area contributed by atoms with Crippen molar-refractivity contribution in [2.45, 2.75) is 20.4 Å². The zero-order valence-corrected chi connectivity index (χ0v) is 9.51. The van der Waals surface area contributed by atoms with Crippen LogP contribution in [-0.4, -0.2) is 15.0 Å².